The lowest BCUT2D eigenvalue weighted by Crippen LogP contribution is -2.27. The molecule has 1 fully saturated rings. The molecule has 1 radical (unpaired) electrons. The Labute approximate surface area is 77.1 Å². The molecule has 3 nitrogen and oxygen atoms in total. The molecular weight excluding hydrogens is 164 g/mol. The van der Waals surface area contributed by atoms with Crippen LogP contribution in [0.5, 0.6) is 5.75 Å². The molecule has 2 aliphatic heterocycles. The minimum Gasteiger partial charge on any atom is -0.486 e. The van der Waals surface area contributed by atoms with Crippen LogP contribution in [-0.2, 0) is 0 Å². The summed E-state index contributed by atoms with van der Waals surface area (Å²) in [4.78, 5) is 0. The van der Waals surface area contributed by atoms with Gasteiger partial charge in [-0.2, -0.15) is 0 Å². The average Bonchev–Trinajstić information content (AvgIpc) is 2.65. The monoisotopic (exact) mass is 175 g/mol. The molecule has 0 aliphatic carbocycles. The predicted molar refractivity (Wildman–Crippen MR) is 48.7 cm³/mol. The first kappa shape index (κ1) is 7.35. The molecule has 0 bridgehead atoms. The Bertz CT molecular complexity index is 326. The molecule has 2 heterocycles. The molecular formula is C10H11N2O. The van der Waals surface area contributed by atoms with E-state index in [4.69, 9.17) is 4.74 Å². The van der Waals surface area contributed by atoms with E-state index in [1.807, 2.05) is 24.8 Å². The molecule has 0 spiro atoms. The van der Waals surface area contributed by atoms with E-state index in [1.165, 1.54) is 5.56 Å². The fourth-order valence-corrected chi connectivity index (χ4v) is 1.95. The minimum absolute atomic E-state index is 0.380. The van der Waals surface area contributed by atoms with Gasteiger partial charge in [-0.15, -0.1) is 0 Å². The van der Waals surface area contributed by atoms with Gasteiger partial charge in [-0.25, -0.2) is 5.43 Å². The van der Waals surface area contributed by atoms with Crippen LogP contribution in [0.25, 0.3) is 0 Å². The van der Waals surface area contributed by atoms with Gasteiger partial charge in [0.15, 0.2) is 0 Å². The zero-order chi connectivity index (χ0) is 8.67. The van der Waals surface area contributed by atoms with Crippen molar-refractivity contribution in [2.75, 3.05) is 6.54 Å². The zero-order valence-corrected chi connectivity index (χ0v) is 7.16. The second-order valence-corrected chi connectivity index (χ2v) is 3.46. The third-order valence-electron chi connectivity index (χ3n) is 2.65. The maximum Gasteiger partial charge on any atom is 0.142 e. The fraction of sp³-hybridized carbons (Fsp3) is 0.300. The number of benzene rings is 1. The van der Waals surface area contributed by atoms with Crippen LogP contribution in [-0.4, -0.2) is 6.54 Å². The quantitative estimate of drug-likeness (QED) is 0.617. The highest BCUT2D eigenvalue weighted by atomic mass is 16.5. The Morgan fingerprint density at radius 2 is 2.23 bits per heavy atom. The van der Waals surface area contributed by atoms with E-state index >= 15 is 0 Å². The highest BCUT2D eigenvalue weighted by Gasteiger charge is 2.34. The van der Waals surface area contributed by atoms with E-state index < -0.39 is 0 Å². The summed E-state index contributed by atoms with van der Waals surface area (Å²) in [5.41, 5.74) is 7.65. The number of ether oxygens (including phenoxy) is 1. The number of hydrogen-bond donors (Lipinski definition) is 2. The highest BCUT2D eigenvalue weighted by molar-refractivity contribution is 5.39. The van der Waals surface area contributed by atoms with Gasteiger partial charge in [0.05, 0.1) is 6.04 Å². The lowest BCUT2D eigenvalue weighted by Gasteiger charge is -2.26. The van der Waals surface area contributed by atoms with E-state index in [9.17, 15) is 0 Å². The lowest BCUT2D eigenvalue weighted by molar-refractivity contribution is 0.286. The summed E-state index contributed by atoms with van der Waals surface area (Å²) < 4.78 is 5.53. The molecule has 2 aliphatic rings. The normalized spacial score (nSPS) is 30.5. The van der Waals surface area contributed by atoms with Gasteiger partial charge in [-0.3, -0.25) is 5.43 Å². The standard InChI is InChI=1S/C10H11N2O/c1-2-4-9-8(3-1)10-7(6-13-9)5-11-12-10/h1-4,6-7,10-12H,5H2. The van der Waals surface area contributed by atoms with Crippen molar-refractivity contribution >= 4 is 0 Å². The van der Waals surface area contributed by atoms with Crippen LogP contribution in [0.3, 0.4) is 0 Å². The van der Waals surface area contributed by atoms with Crippen molar-refractivity contribution in [2.45, 2.75) is 6.04 Å². The van der Waals surface area contributed by atoms with Gasteiger partial charge in [-0.1, -0.05) is 18.2 Å². The average molecular weight is 175 g/mol. The van der Waals surface area contributed by atoms with Crippen molar-refractivity contribution in [2.24, 2.45) is 5.92 Å². The van der Waals surface area contributed by atoms with Gasteiger partial charge < -0.3 is 4.74 Å². The topological polar surface area (TPSA) is 33.3 Å². The molecule has 3 rings (SSSR count). The van der Waals surface area contributed by atoms with Crippen LogP contribution >= 0.6 is 0 Å². The molecule has 67 valence electrons. The molecule has 3 heteroatoms. The van der Waals surface area contributed by atoms with Gasteiger partial charge in [0, 0.05) is 18.0 Å². The summed E-state index contributed by atoms with van der Waals surface area (Å²) in [5, 5.41) is 0. The van der Waals surface area contributed by atoms with Crippen LogP contribution in [0, 0.1) is 12.5 Å². The summed E-state index contributed by atoms with van der Waals surface area (Å²) >= 11 is 0. The van der Waals surface area contributed by atoms with Gasteiger partial charge in [0.1, 0.15) is 12.4 Å². The lowest BCUT2D eigenvalue weighted by atomic mass is 9.93. The SMILES string of the molecule is [CH]1Oc2ccccc2C2NNCC12. The number of rotatable bonds is 0. The first-order chi connectivity index (χ1) is 6.45. The third kappa shape index (κ3) is 1.04. The van der Waals surface area contributed by atoms with E-state index in [2.05, 4.69) is 16.9 Å². The molecule has 0 amide bonds. The molecule has 2 N–H and O–H groups in total. The van der Waals surface area contributed by atoms with Crippen LogP contribution < -0.4 is 15.6 Å². The van der Waals surface area contributed by atoms with Gasteiger partial charge >= 0.3 is 0 Å². The minimum atomic E-state index is 0.380. The van der Waals surface area contributed by atoms with Crippen LogP contribution in [0.4, 0.5) is 0 Å². The smallest absolute Gasteiger partial charge is 0.142 e. The van der Waals surface area contributed by atoms with Crippen LogP contribution in [0.2, 0.25) is 0 Å². The predicted octanol–water partition coefficient (Wildman–Crippen LogP) is 1.01. The Balaban J connectivity index is 2.06. The van der Waals surface area contributed by atoms with E-state index in [-0.39, 0.29) is 0 Å². The maximum absolute atomic E-state index is 5.53. The van der Waals surface area contributed by atoms with E-state index in [0.717, 1.165) is 12.3 Å². The number of nitrogens with one attached hydrogen (secondary N) is 2. The fourth-order valence-electron chi connectivity index (χ4n) is 1.95. The first-order valence-corrected chi connectivity index (χ1v) is 4.52. The second-order valence-electron chi connectivity index (χ2n) is 3.46. The Kier molecular flexibility index (Phi) is 1.54. The highest BCUT2D eigenvalue weighted by Crippen LogP contribution is 2.37. The molecule has 13 heavy (non-hydrogen) atoms. The molecule has 2 unspecified atom stereocenters. The second kappa shape index (κ2) is 2.72. The number of hydrogen-bond acceptors (Lipinski definition) is 3. The molecule has 2 atom stereocenters. The molecule has 1 saturated heterocycles. The Hall–Kier alpha value is -1.06. The van der Waals surface area contributed by atoms with E-state index in [0.29, 0.717) is 12.0 Å². The van der Waals surface area contributed by atoms with Crippen molar-refractivity contribution in [3.63, 3.8) is 0 Å². The molecule has 1 aromatic carbocycles. The molecule has 0 saturated carbocycles. The Morgan fingerprint density at radius 3 is 3.23 bits per heavy atom. The number of para-hydroxylation sites is 1. The summed E-state index contributed by atoms with van der Waals surface area (Å²) in [6, 6.07) is 8.53. The summed E-state index contributed by atoms with van der Waals surface area (Å²) in [5.74, 6) is 1.43. The zero-order valence-electron chi connectivity index (χ0n) is 7.16. The van der Waals surface area contributed by atoms with Gasteiger partial charge in [-0.05, 0) is 6.07 Å². The summed E-state index contributed by atoms with van der Waals surface area (Å²) in [6.07, 6.45) is 0. The summed E-state index contributed by atoms with van der Waals surface area (Å²) in [6.45, 7) is 2.86. The van der Waals surface area contributed by atoms with Crippen molar-refractivity contribution < 1.29 is 4.74 Å². The number of hydrazine groups is 1. The maximum atomic E-state index is 5.53. The van der Waals surface area contributed by atoms with Crippen LogP contribution in [0.1, 0.15) is 11.6 Å². The van der Waals surface area contributed by atoms with E-state index in [1.54, 1.807) is 0 Å². The van der Waals surface area contributed by atoms with Crippen molar-refractivity contribution in [3.8, 4) is 5.75 Å². The van der Waals surface area contributed by atoms with Gasteiger partial charge in [0.2, 0.25) is 0 Å². The van der Waals surface area contributed by atoms with Gasteiger partial charge in [0.25, 0.3) is 0 Å². The molecule has 1 aromatic rings. The first-order valence-electron chi connectivity index (χ1n) is 4.52. The summed E-state index contributed by atoms with van der Waals surface area (Å²) in [7, 11) is 0. The van der Waals surface area contributed by atoms with Crippen molar-refractivity contribution in [1.82, 2.24) is 10.9 Å². The molecule has 0 aromatic heterocycles. The third-order valence-corrected chi connectivity index (χ3v) is 2.65. The van der Waals surface area contributed by atoms with Crippen LogP contribution in [0.15, 0.2) is 24.3 Å². The Morgan fingerprint density at radius 1 is 1.31 bits per heavy atom. The number of fused-ring (bicyclic) bond motifs is 3. The largest absolute Gasteiger partial charge is 0.486 e. The van der Waals surface area contributed by atoms with Crippen molar-refractivity contribution in [3.05, 3.63) is 36.4 Å². The van der Waals surface area contributed by atoms with Crippen molar-refractivity contribution in [1.29, 1.82) is 0 Å².